The molecule has 1 unspecified atom stereocenters. The number of benzene rings is 1. The zero-order valence-electron chi connectivity index (χ0n) is 14.3. The third-order valence-electron chi connectivity index (χ3n) is 6.20. The van der Waals surface area contributed by atoms with Crippen LogP contribution in [0.5, 0.6) is 0 Å². The van der Waals surface area contributed by atoms with E-state index < -0.39 is 0 Å². The summed E-state index contributed by atoms with van der Waals surface area (Å²) in [6.45, 7) is 2.28. The molecule has 1 aromatic carbocycles. The van der Waals surface area contributed by atoms with Crippen LogP contribution < -0.4 is 0 Å². The summed E-state index contributed by atoms with van der Waals surface area (Å²) in [5, 5.41) is 8.97. The highest BCUT2D eigenvalue weighted by Crippen LogP contribution is 2.41. The van der Waals surface area contributed by atoms with Crippen molar-refractivity contribution in [2.75, 3.05) is 0 Å². The highest BCUT2D eigenvalue weighted by molar-refractivity contribution is 5.40. The van der Waals surface area contributed by atoms with Crippen molar-refractivity contribution < 1.29 is 4.39 Å². The van der Waals surface area contributed by atoms with Crippen LogP contribution in [0.1, 0.15) is 75.0 Å². The Bertz CT molecular complexity index is 578. The van der Waals surface area contributed by atoms with Crippen molar-refractivity contribution in [1.29, 1.82) is 5.26 Å². The van der Waals surface area contributed by atoms with Crippen LogP contribution in [0, 0.1) is 34.9 Å². The van der Waals surface area contributed by atoms with Crippen LogP contribution in [0.2, 0.25) is 0 Å². The molecule has 0 amide bonds. The second-order valence-electron chi connectivity index (χ2n) is 7.64. The summed E-state index contributed by atoms with van der Waals surface area (Å²) in [4.78, 5) is 0. The van der Waals surface area contributed by atoms with E-state index in [1.165, 1.54) is 56.9 Å². The van der Waals surface area contributed by atoms with Gasteiger partial charge >= 0.3 is 0 Å². The predicted molar refractivity (Wildman–Crippen MR) is 91.6 cm³/mol. The molecule has 0 saturated heterocycles. The number of hydrogen-bond acceptors (Lipinski definition) is 1. The van der Waals surface area contributed by atoms with Gasteiger partial charge in [0.05, 0.1) is 5.56 Å². The van der Waals surface area contributed by atoms with E-state index >= 15 is 0 Å². The molecule has 1 aromatic rings. The quantitative estimate of drug-likeness (QED) is 0.689. The maximum Gasteiger partial charge on any atom is 0.141 e. The highest BCUT2D eigenvalue weighted by Gasteiger charge is 2.30. The second-order valence-corrected chi connectivity index (χ2v) is 7.64. The number of hydrogen-bond donors (Lipinski definition) is 0. The normalized spacial score (nSPS) is 27.3. The molecule has 0 spiro atoms. The first-order valence-electron chi connectivity index (χ1n) is 9.42. The predicted octanol–water partition coefficient (Wildman–Crippen LogP) is 5.80. The lowest BCUT2D eigenvalue weighted by Crippen LogP contribution is -2.26. The molecule has 2 aliphatic rings. The Morgan fingerprint density at radius 1 is 1.09 bits per heavy atom. The number of halogens is 1. The first-order chi connectivity index (χ1) is 11.2. The van der Waals surface area contributed by atoms with E-state index in [0.717, 1.165) is 36.2 Å². The largest absolute Gasteiger partial charge is 0.206 e. The Kier molecular flexibility index (Phi) is 5.36. The van der Waals surface area contributed by atoms with Gasteiger partial charge in [0.15, 0.2) is 0 Å². The van der Waals surface area contributed by atoms with Gasteiger partial charge in [-0.05, 0) is 73.1 Å². The van der Waals surface area contributed by atoms with Crippen LogP contribution in [0.4, 0.5) is 4.39 Å². The average Bonchev–Trinajstić information content (AvgIpc) is 2.59. The molecule has 0 radical (unpaired) electrons. The highest BCUT2D eigenvalue weighted by atomic mass is 19.1. The van der Waals surface area contributed by atoms with Gasteiger partial charge < -0.3 is 0 Å². The van der Waals surface area contributed by atoms with Crippen LogP contribution >= 0.6 is 0 Å². The van der Waals surface area contributed by atoms with Gasteiger partial charge in [0.1, 0.15) is 11.9 Å². The Morgan fingerprint density at radius 3 is 2.57 bits per heavy atom. The summed E-state index contributed by atoms with van der Waals surface area (Å²) in [5.41, 5.74) is 2.57. The van der Waals surface area contributed by atoms with E-state index in [2.05, 4.69) is 6.92 Å². The summed E-state index contributed by atoms with van der Waals surface area (Å²) in [5.74, 6) is 2.18. The molecule has 3 rings (SSSR count). The van der Waals surface area contributed by atoms with Gasteiger partial charge in [-0.1, -0.05) is 39.0 Å². The molecular formula is C21H28FN. The fraction of sp³-hybridized carbons (Fsp3) is 0.667. The molecule has 0 aliphatic heterocycles. The first-order valence-corrected chi connectivity index (χ1v) is 9.42. The van der Waals surface area contributed by atoms with Crippen molar-refractivity contribution in [3.05, 3.63) is 34.6 Å². The molecule has 1 fully saturated rings. The van der Waals surface area contributed by atoms with Gasteiger partial charge in [-0.2, -0.15) is 5.26 Å². The molecule has 2 aliphatic carbocycles. The topological polar surface area (TPSA) is 23.8 Å². The average molecular weight is 313 g/mol. The molecule has 124 valence electrons. The molecule has 0 heterocycles. The van der Waals surface area contributed by atoms with Gasteiger partial charge in [0.2, 0.25) is 0 Å². The summed E-state index contributed by atoms with van der Waals surface area (Å²) in [6, 6.07) is 5.38. The van der Waals surface area contributed by atoms with Gasteiger partial charge in [0, 0.05) is 0 Å². The lowest BCUT2D eigenvalue weighted by Gasteiger charge is -2.36. The van der Waals surface area contributed by atoms with E-state index in [1.807, 2.05) is 6.07 Å². The van der Waals surface area contributed by atoms with Crippen molar-refractivity contribution in [3.8, 4) is 6.07 Å². The van der Waals surface area contributed by atoms with E-state index in [9.17, 15) is 4.39 Å². The molecule has 0 N–H and O–H groups in total. The van der Waals surface area contributed by atoms with Crippen molar-refractivity contribution in [2.45, 2.75) is 71.1 Å². The van der Waals surface area contributed by atoms with E-state index in [0.29, 0.717) is 0 Å². The second kappa shape index (κ2) is 7.47. The maximum atomic E-state index is 13.9. The number of fused-ring (bicyclic) bond motifs is 1. The summed E-state index contributed by atoms with van der Waals surface area (Å²) >= 11 is 0. The molecule has 0 aromatic heterocycles. The fourth-order valence-electron chi connectivity index (χ4n) is 4.74. The Morgan fingerprint density at radius 2 is 1.87 bits per heavy atom. The molecule has 0 bridgehead atoms. The summed E-state index contributed by atoms with van der Waals surface area (Å²) < 4.78 is 13.9. The van der Waals surface area contributed by atoms with Crippen molar-refractivity contribution in [1.82, 2.24) is 0 Å². The monoisotopic (exact) mass is 313 g/mol. The zero-order chi connectivity index (χ0) is 16.2. The number of nitriles is 1. The number of unbranched alkanes of at least 4 members (excludes halogenated alkanes) is 1. The third-order valence-corrected chi connectivity index (χ3v) is 6.20. The van der Waals surface area contributed by atoms with Crippen LogP contribution in [0.25, 0.3) is 0 Å². The van der Waals surface area contributed by atoms with Crippen molar-refractivity contribution >= 4 is 0 Å². The Labute approximate surface area is 139 Å². The van der Waals surface area contributed by atoms with Gasteiger partial charge in [-0.15, -0.1) is 0 Å². The Balaban J connectivity index is 1.60. The Hall–Kier alpha value is -1.36. The van der Waals surface area contributed by atoms with Crippen molar-refractivity contribution in [3.63, 3.8) is 0 Å². The molecular weight excluding hydrogens is 285 g/mol. The van der Waals surface area contributed by atoms with Gasteiger partial charge in [-0.25, -0.2) is 4.39 Å². The van der Waals surface area contributed by atoms with E-state index in [-0.39, 0.29) is 11.4 Å². The lowest BCUT2D eigenvalue weighted by molar-refractivity contribution is 0.183. The molecule has 2 heteroatoms. The number of aryl methyl sites for hydroxylation is 1. The third kappa shape index (κ3) is 3.77. The van der Waals surface area contributed by atoms with Crippen LogP contribution in [0.15, 0.2) is 12.1 Å². The minimum absolute atomic E-state index is 0.207. The lowest BCUT2D eigenvalue weighted by atomic mass is 9.69. The van der Waals surface area contributed by atoms with E-state index in [1.54, 1.807) is 12.1 Å². The zero-order valence-corrected chi connectivity index (χ0v) is 14.3. The number of nitrogens with zero attached hydrogens (tertiary/aromatic N) is 1. The maximum absolute atomic E-state index is 13.9. The van der Waals surface area contributed by atoms with Crippen molar-refractivity contribution in [2.24, 2.45) is 17.8 Å². The minimum atomic E-state index is -0.338. The summed E-state index contributed by atoms with van der Waals surface area (Å²) in [7, 11) is 0. The van der Waals surface area contributed by atoms with Crippen LogP contribution in [-0.2, 0) is 12.8 Å². The standard InChI is InChI=1S/C21H28FN/c1-2-3-4-15-5-7-16(8-6-15)17-9-10-18-12-20(14-23)21(22)13-19(18)11-17/h12-13,15-17H,2-11H2,1H3. The molecule has 1 saturated carbocycles. The van der Waals surface area contributed by atoms with E-state index in [4.69, 9.17) is 5.26 Å². The summed E-state index contributed by atoms with van der Waals surface area (Å²) in [6.07, 6.45) is 12.9. The molecule has 1 atom stereocenters. The van der Waals surface area contributed by atoms with Gasteiger partial charge in [0.25, 0.3) is 0 Å². The smallest absolute Gasteiger partial charge is 0.141 e. The SMILES string of the molecule is CCCCC1CCC(C2CCc3cc(C#N)c(F)cc3C2)CC1. The molecule has 23 heavy (non-hydrogen) atoms. The van der Waals surface area contributed by atoms with Crippen LogP contribution in [0.3, 0.4) is 0 Å². The first kappa shape index (κ1) is 16.5. The minimum Gasteiger partial charge on any atom is -0.206 e. The fourth-order valence-corrected chi connectivity index (χ4v) is 4.74. The van der Waals surface area contributed by atoms with Crippen LogP contribution in [-0.4, -0.2) is 0 Å². The van der Waals surface area contributed by atoms with Gasteiger partial charge in [-0.3, -0.25) is 0 Å². The number of rotatable bonds is 4. The molecule has 1 nitrogen and oxygen atoms in total.